The van der Waals surface area contributed by atoms with Gasteiger partial charge in [-0.3, -0.25) is 4.79 Å². The highest BCUT2D eigenvalue weighted by Crippen LogP contribution is 2.23. The number of piperidine rings is 1. The lowest BCUT2D eigenvalue weighted by Gasteiger charge is -2.31. The Labute approximate surface area is 169 Å². The Kier molecular flexibility index (Phi) is 6.64. The number of sulfonamides is 1. The van der Waals surface area contributed by atoms with Gasteiger partial charge in [0.1, 0.15) is 11.6 Å². The number of halogens is 2. The van der Waals surface area contributed by atoms with Gasteiger partial charge in [-0.2, -0.15) is 0 Å². The van der Waals surface area contributed by atoms with Gasteiger partial charge in [-0.15, -0.1) is 0 Å². The van der Waals surface area contributed by atoms with Gasteiger partial charge in [0, 0.05) is 19.0 Å². The summed E-state index contributed by atoms with van der Waals surface area (Å²) >= 11 is 0. The predicted molar refractivity (Wildman–Crippen MR) is 106 cm³/mol. The van der Waals surface area contributed by atoms with Crippen LogP contribution in [0.5, 0.6) is 0 Å². The first-order chi connectivity index (χ1) is 13.7. The Morgan fingerprint density at radius 3 is 2.10 bits per heavy atom. The summed E-state index contributed by atoms with van der Waals surface area (Å²) in [4.78, 5) is 12.5. The average molecular weight is 422 g/mol. The summed E-state index contributed by atoms with van der Waals surface area (Å²) in [5.41, 5.74) is 1.33. The minimum Gasteiger partial charge on any atom is -0.349 e. The summed E-state index contributed by atoms with van der Waals surface area (Å²) < 4.78 is 52.6. The Hall–Kier alpha value is -2.32. The van der Waals surface area contributed by atoms with E-state index < -0.39 is 15.8 Å². The van der Waals surface area contributed by atoms with Gasteiger partial charge in [-0.05, 0) is 55.2 Å². The van der Waals surface area contributed by atoms with E-state index in [0.29, 0.717) is 18.4 Å². The maximum Gasteiger partial charge on any atom is 0.223 e. The number of carbonyl (C=O) groups is 1. The summed E-state index contributed by atoms with van der Waals surface area (Å²) in [6, 6.07) is 11.1. The Morgan fingerprint density at radius 1 is 1.03 bits per heavy atom. The monoisotopic (exact) mass is 422 g/mol. The first-order valence-electron chi connectivity index (χ1n) is 9.53. The van der Waals surface area contributed by atoms with Gasteiger partial charge in [0.25, 0.3) is 0 Å². The largest absolute Gasteiger partial charge is 0.349 e. The molecule has 8 heteroatoms. The molecule has 5 nitrogen and oxygen atoms in total. The molecule has 1 fully saturated rings. The van der Waals surface area contributed by atoms with Crippen molar-refractivity contribution in [2.45, 2.75) is 31.6 Å². The van der Waals surface area contributed by atoms with Crippen molar-refractivity contribution in [3.05, 3.63) is 71.3 Å². The topological polar surface area (TPSA) is 66.5 Å². The van der Waals surface area contributed by atoms with Gasteiger partial charge in [-0.1, -0.05) is 24.3 Å². The number of benzene rings is 2. The number of amides is 1. The number of rotatable bonds is 6. The molecule has 29 heavy (non-hydrogen) atoms. The van der Waals surface area contributed by atoms with Crippen LogP contribution in [0.1, 0.15) is 36.9 Å². The molecule has 0 radical (unpaired) electrons. The minimum atomic E-state index is -3.52. The quantitative estimate of drug-likeness (QED) is 0.776. The molecule has 1 aliphatic heterocycles. The minimum absolute atomic E-state index is 0.127. The van der Waals surface area contributed by atoms with Crippen molar-refractivity contribution >= 4 is 15.9 Å². The lowest BCUT2D eigenvalue weighted by atomic mass is 9.96. The molecule has 1 amide bonds. The molecule has 0 aliphatic carbocycles. The standard InChI is InChI=1S/C21H24F2N2O3S/c1-15(17-4-8-20(23)9-5-17)24-21(26)18-10-12-25(13-11-18)29(27,28)14-16-2-6-19(22)7-3-16/h2-9,15,18H,10-14H2,1H3,(H,24,26). The molecular formula is C21H24F2N2O3S. The maximum atomic E-state index is 13.0. The third-order valence-electron chi connectivity index (χ3n) is 5.21. The number of carbonyl (C=O) groups excluding carboxylic acids is 1. The first kappa shape index (κ1) is 21.4. The zero-order chi connectivity index (χ0) is 21.0. The molecule has 2 aromatic carbocycles. The van der Waals surface area contributed by atoms with Gasteiger partial charge in [0.2, 0.25) is 15.9 Å². The summed E-state index contributed by atoms with van der Waals surface area (Å²) in [5, 5.41) is 2.92. The van der Waals surface area contributed by atoms with E-state index in [1.54, 1.807) is 12.1 Å². The molecule has 1 saturated heterocycles. The van der Waals surface area contributed by atoms with Crippen LogP contribution in [0.3, 0.4) is 0 Å². The molecule has 1 N–H and O–H groups in total. The fraction of sp³-hybridized carbons (Fsp3) is 0.381. The van der Waals surface area contributed by atoms with Gasteiger partial charge < -0.3 is 5.32 Å². The van der Waals surface area contributed by atoms with E-state index in [1.165, 1.54) is 40.7 Å². The Morgan fingerprint density at radius 2 is 1.55 bits per heavy atom. The fourth-order valence-corrected chi connectivity index (χ4v) is 5.01. The van der Waals surface area contributed by atoms with E-state index in [2.05, 4.69) is 5.32 Å². The molecule has 1 atom stereocenters. The van der Waals surface area contributed by atoms with Crippen LogP contribution in [-0.2, 0) is 20.6 Å². The van der Waals surface area contributed by atoms with Crippen molar-refractivity contribution in [2.24, 2.45) is 5.92 Å². The molecule has 0 aromatic heterocycles. The first-order valence-corrected chi connectivity index (χ1v) is 11.1. The summed E-state index contributed by atoms with van der Waals surface area (Å²) in [5.74, 6) is -1.33. The van der Waals surface area contributed by atoms with Crippen LogP contribution in [0.4, 0.5) is 8.78 Å². The second kappa shape index (κ2) is 9.00. The molecular weight excluding hydrogens is 398 g/mol. The van der Waals surface area contributed by atoms with Crippen LogP contribution in [0.25, 0.3) is 0 Å². The van der Waals surface area contributed by atoms with E-state index >= 15 is 0 Å². The molecule has 1 aliphatic rings. The van der Waals surface area contributed by atoms with Gasteiger partial charge in [0.05, 0.1) is 11.8 Å². The molecule has 0 saturated carbocycles. The van der Waals surface area contributed by atoms with Crippen molar-refractivity contribution in [2.75, 3.05) is 13.1 Å². The van der Waals surface area contributed by atoms with E-state index in [1.807, 2.05) is 6.92 Å². The van der Waals surface area contributed by atoms with Gasteiger partial charge in [-0.25, -0.2) is 21.5 Å². The molecule has 0 bridgehead atoms. The molecule has 2 aromatic rings. The Balaban J connectivity index is 1.53. The Bertz CT molecular complexity index is 939. The zero-order valence-electron chi connectivity index (χ0n) is 16.1. The SMILES string of the molecule is CC(NC(=O)C1CCN(S(=O)(=O)Cc2ccc(F)cc2)CC1)c1ccc(F)cc1. The van der Waals surface area contributed by atoms with Crippen LogP contribution < -0.4 is 5.32 Å². The van der Waals surface area contributed by atoms with Crippen LogP contribution in [0.2, 0.25) is 0 Å². The third kappa shape index (κ3) is 5.61. The fourth-order valence-electron chi connectivity index (χ4n) is 3.44. The molecule has 1 unspecified atom stereocenters. The number of nitrogens with one attached hydrogen (secondary N) is 1. The summed E-state index contributed by atoms with van der Waals surface area (Å²) in [6.07, 6.45) is 0.870. The molecule has 3 rings (SSSR count). The highest BCUT2D eigenvalue weighted by atomic mass is 32.2. The van der Waals surface area contributed by atoms with E-state index in [0.717, 1.165) is 5.56 Å². The van der Waals surface area contributed by atoms with Gasteiger partial charge in [0.15, 0.2) is 0 Å². The van der Waals surface area contributed by atoms with E-state index in [9.17, 15) is 22.0 Å². The average Bonchev–Trinajstić information content (AvgIpc) is 2.70. The van der Waals surface area contributed by atoms with Crippen LogP contribution >= 0.6 is 0 Å². The lowest BCUT2D eigenvalue weighted by molar-refractivity contribution is -0.126. The van der Waals surface area contributed by atoms with Crippen molar-refractivity contribution in [1.29, 1.82) is 0 Å². The van der Waals surface area contributed by atoms with E-state index in [-0.39, 0.29) is 42.5 Å². The smallest absolute Gasteiger partial charge is 0.223 e. The summed E-state index contributed by atoms with van der Waals surface area (Å²) in [7, 11) is -3.52. The second-order valence-electron chi connectivity index (χ2n) is 7.34. The van der Waals surface area contributed by atoms with Crippen LogP contribution in [0, 0.1) is 17.6 Å². The van der Waals surface area contributed by atoms with Gasteiger partial charge >= 0.3 is 0 Å². The summed E-state index contributed by atoms with van der Waals surface area (Å²) in [6.45, 7) is 2.37. The number of hydrogen-bond donors (Lipinski definition) is 1. The highest BCUT2D eigenvalue weighted by molar-refractivity contribution is 7.88. The molecule has 1 heterocycles. The highest BCUT2D eigenvalue weighted by Gasteiger charge is 2.31. The maximum absolute atomic E-state index is 13.0. The second-order valence-corrected chi connectivity index (χ2v) is 9.31. The third-order valence-corrected chi connectivity index (χ3v) is 7.06. The predicted octanol–water partition coefficient (Wildman–Crippen LogP) is 3.38. The lowest BCUT2D eigenvalue weighted by Crippen LogP contribution is -2.43. The van der Waals surface area contributed by atoms with Crippen LogP contribution in [0.15, 0.2) is 48.5 Å². The van der Waals surface area contributed by atoms with Crippen molar-refractivity contribution < 1.29 is 22.0 Å². The number of hydrogen-bond acceptors (Lipinski definition) is 3. The van der Waals surface area contributed by atoms with Crippen LogP contribution in [-0.4, -0.2) is 31.7 Å². The van der Waals surface area contributed by atoms with Crippen molar-refractivity contribution in [3.63, 3.8) is 0 Å². The zero-order valence-corrected chi connectivity index (χ0v) is 17.0. The van der Waals surface area contributed by atoms with E-state index in [4.69, 9.17) is 0 Å². The normalized spacial score (nSPS) is 17.1. The van der Waals surface area contributed by atoms with Crippen molar-refractivity contribution in [3.8, 4) is 0 Å². The van der Waals surface area contributed by atoms with Crippen molar-refractivity contribution in [1.82, 2.24) is 9.62 Å². The molecule has 0 spiro atoms. The molecule has 156 valence electrons. The number of nitrogens with zero attached hydrogens (tertiary/aromatic N) is 1.